The van der Waals surface area contributed by atoms with E-state index in [1.165, 1.54) is 5.56 Å². The van der Waals surface area contributed by atoms with Crippen molar-refractivity contribution in [1.82, 2.24) is 15.5 Å². The first-order valence-electron chi connectivity index (χ1n) is 10.7. The Morgan fingerprint density at radius 2 is 1.55 bits per heavy atom. The lowest BCUT2D eigenvalue weighted by Crippen LogP contribution is -2.44. The quantitative estimate of drug-likeness (QED) is 0.648. The summed E-state index contributed by atoms with van der Waals surface area (Å²) in [5.41, 5.74) is 2.37. The molecule has 3 rings (SSSR count). The van der Waals surface area contributed by atoms with Crippen molar-refractivity contribution in [1.29, 1.82) is 0 Å². The normalized spacial score (nSPS) is 16.9. The van der Waals surface area contributed by atoms with Gasteiger partial charge in [0.05, 0.1) is 25.8 Å². The highest BCUT2D eigenvalue weighted by molar-refractivity contribution is 5.78. The number of morpholine rings is 1. The number of carbonyl (C=O) groups is 1. The summed E-state index contributed by atoms with van der Waals surface area (Å²) >= 11 is 0. The van der Waals surface area contributed by atoms with E-state index in [2.05, 4.69) is 58.9 Å². The van der Waals surface area contributed by atoms with Gasteiger partial charge >= 0.3 is 0 Å². The average molecular weight is 396 g/mol. The Morgan fingerprint density at radius 1 is 0.966 bits per heavy atom. The molecule has 1 saturated heterocycles. The molecular formula is C24H33N3O2. The van der Waals surface area contributed by atoms with Crippen LogP contribution >= 0.6 is 0 Å². The summed E-state index contributed by atoms with van der Waals surface area (Å²) in [7, 11) is 0. The average Bonchev–Trinajstić information content (AvgIpc) is 2.78. The highest BCUT2D eigenvalue weighted by atomic mass is 16.5. The highest BCUT2D eigenvalue weighted by Gasteiger charge is 2.20. The molecule has 1 heterocycles. The first-order valence-corrected chi connectivity index (χ1v) is 10.7. The van der Waals surface area contributed by atoms with E-state index < -0.39 is 0 Å². The highest BCUT2D eigenvalue weighted by Crippen LogP contribution is 2.18. The number of amides is 1. The fourth-order valence-corrected chi connectivity index (χ4v) is 3.77. The van der Waals surface area contributed by atoms with Crippen molar-refractivity contribution in [3.63, 3.8) is 0 Å². The van der Waals surface area contributed by atoms with Crippen molar-refractivity contribution >= 4 is 5.91 Å². The minimum Gasteiger partial charge on any atom is -0.379 e. The van der Waals surface area contributed by atoms with Crippen molar-refractivity contribution in [2.75, 3.05) is 39.4 Å². The van der Waals surface area contributed by atoms with Crippen molar-refractivity contribution in [3.8, 4) is 0 Å². The molecule has 0 bridgehead atoms. The first-order chi connectivity index (χ1) is 14.3. The lowest BCUT2D eigenvalue weighted by atomic mass is 10.0. The number of ether oxygens (including phenoxy) is 1. The van der Waals surface area contributed by atoms with Crippen LogP contribution in [0.2, 0.25) is 0 Å². The monoisotopic (exact) mass is 395 g/mol. The van der Waals surface area contributed by atoms with Gasteiger partial charge in [-0.3, -0.25) is 9.69 Å². The smallest absolute Gasteiger partial charge is 0.234 e. The van der Waals surface area contributed by atoms with Gasteiger partial charge in [-0.2, -0.15) is 0 Å². The molecule has 1 amide bonds. The van der Waals surface area contributed by atoms with E-state index in [4.69, 9.17) is 4.74 Å². The van der Waals surface area contributed by atoms with Crippen LogP contribution in [0.25, 0.3) is 0 Å². The van der Waals surface area contributed by atoms with E-state index in [9.17, 15) is 4.79 Å². The standard InChI is InChI=1S/C24H33N3O2/c1-2-9-22(20-10-5-3-6-11-20)26-24(28)18-25-23(21-12-7-4-8-13-21)19-27-14-16-29-17-15-27/h3-8,10-13,22-23,25H,2,9,14-19H2,1H3,(H,26,28). The van der Waals surface area contributed by atoms with Gasteiger partial charge < -0.3 is 15.4 Å². The van der Waals surface area contributed by atoms with E-state index in [0.717, 1.165) is 51.3 Å². The number of carbonyl (C=O) groups excluding carboxylic acids is 1. The SMILES string of the molecule is CCCC(NC(=O)CNC(CN1CCOCC1)c1ccccc1)c1ccccc1. The van der Waals surface area contributed by atoms with E-state index in [0.29, 0.717) is 6.54 Å². The topological polar surface area (TPSA) is 53.6 Å². The van der Waals surface area contributed by atoms with Crippen molar-refractivity contribution in [2.45, 2.75) is 31.8 Å². The van der Waals surface area contributed by atoms with Gasteiger partial charge in [-0.1, -0.05) is 74.0 Å². The van der Waals surface area contributed by atoms with Crippen LogP contribution in [0.3, 0.4) is 0 Å². The van der Waals surface area contributed by atoms with Gasteiger partial charge in [0, 0.05) is 25.7 Å². The molecule has 0 saturated carbocycles. The Bertz CT molecular complexity index is 717. The Hall–Kier alpha value is -2.21. The summed E-state index contributed by atoms with van der Waals surface area (Å²) in [6.07, 6.45) is 1.96. The van der Waals surface area contributed by atoms with E-state index in [-0.39, 0.29) is 18.0 Å². The number of hydrogen-bond acceptors (Lipinski definition) is 4. The zero-order valence-electron chi connectivity index (χ0n) is 17.3. The van der Waals surface area contributed by atoms with Crippen LogP contribution in [0, 0.1) is 0 Å². The molecule has 2 N–H and O–H groups in total. The van der Waals surface area contributed by atoms with Gasteiger partial charge in [0.2, 0.25) is 5.91 Å². The molecule has 29 heavy (non-hydrogen) atoms. The fraction of sp³-hybridized carbons (Fsp3) is 0.458. The van der Waals surface area contributed by atoms with Crippen LogP contribution in [-0.4, -0.2) is 50.2 Å². The molecule has 0 aromatic heterocycles. The molecule has 0 aliphatic carbocycles. The van der Waals surface area contributed by atoms with E-state index in [1.54, 1.807) is 0 Å². The summed E-state index contributed by atoms with van der Waals surface area (Å²) in [6, 6.07) is 20.8. The number of nitrogens with zero attached hydrogens (tertiary/aromatic N) is 1. The lowest BCUT2D eigenvalue weighted by Gasteiger charge is -2.31. The van der Waals surface area contributed by atoms with Crippen LogP contribution in [-0.2, 0) is 9.53 Å². The first kappa shape index (κ1) is 21.5. The predicted molar refractivity (Wildman–Crippen MR) is 117 cm³/mol. The molecule has 2 unspecified atom stereocenters. The van der Waals surface area contributed by atoms with Gasteiger partial charge in [0.25, 0.3) is 0 Å². The lowest BCUT2D eigenvalue weighted by molar-refractivity contribution is -0.121. The Kier molecular flexibility index (Phi) is 8.68. The van der Waals surface area contributed by atoms with Crippen LogP contribution in [0.5, 0.6) is 0 Å². The Balaban J connectivity index is 1.59. The van der Waals surface area contributed by atoms with Gasteiger partial charge in [-0.15, -0.1) is 0 Å². The maximum absolute atomic E-state index is 12.7. The van der Waals surface area contributed by atoms with Crippen molar-refractivity contribution < 1.29 is 9.53 Å². The molecule has 0 radical (unpaired) electrons. The summed E-state index contributed by atoms with van der Waals surface area (Å²) < 4.78 is 5.47. The third-order valence-corrected chi connectivity index (χ3v) is 5.37. The molecule has 2 aromatic rings. The molecule has 1 fully saturated rings. The largest absolute Gasteiger partial charge is 0.379 e. The summed E-state index contributed by atoms with van der Waals surface area (Å²) in [5, 5.41) is 6.70. The van der Waals surface area contributed by atoms with Crippen molar-refractivity contribution in [3.05, 3.63) is 71.8 Å². The number of hydrogen-bond donors (Lipinski definition) is 2. The van der Waals surface area contributed by atoms with E-state index >= 15 is 0 Å². The molecule has 2 aromatic carbocycles. The zero-order valence-corrected chi connectivity index (χ0v) is 17.3. The van der Waals surface area contributed by atoms with Gasteiger partial charge in [0.1, 0.15) is 0 Å². The number of benzene rings is 2. The second-order valence-corrected chi connectivity index (χ2v) is 7.58. The van der Waals surface area contributed by atoms with E-state index in [1.807, 2.05) is 24.3 Å². The third kappa shape index (κ3) is 6.96. The zero-order chi connectivity index (χ0) is 20.3. The predicted octanol–water partition coefficient (Wildman–Crippen LogP) is 3.31. The Labute approximate surface area is 174 Å². The number of rotatable bonds is 10. The second kappa shape index (κ2) is 11.7. The Morgan fingerprint density at radius 3 is 2.14 bits per heavy atom. The molecule has 0 spiro atoms. The second-order valence-electron chi connectivity index (χ2n) is 7.58. The maximum atomic E-state index is 12.7. The summed E-state index contributed by atoms with van der Waals surface area (Å²) in [4.78, 5) is 15.1. The molecule has 156 valence electrons. The summed E-state index contributed by atoms with van der Waals surface area (Å²) in [5.74, 6) is 0.0372. The van der Waals surface area contributed by atoms with Gasteiger partial charge in [0.15, 0.2) is 0 Å². The van der Waals surface area contributed by atoms with Crippen LogP contribution in [0.1, 0.15) is 43.0 Å². The van der Waals surface area contributed by atoms with Gasteiger partial charge in [-0.25, -0.2) is 0 Å². The molecular weight excluding hydrogens is 362 g/mol. The molecule has 2 atom stereocenters. The third-order valence-electron chi connectivity index (χ3n) is 5.37. The molecule has 1 aliphatic heterocycles. The summed E-state index contributed by atoms with van der Waals surface area (Å²) in [6.45, 7) is 6.74. The molecule has 5 heteroatoms. The molecule has 1 aliphatic rings. The number of nitrogens with one attached hydrogen (secondary N) is 2. The van der Waals surface area contributed by atoms with Crippen molar-refractivity contribution in [2.24, 2.45) is 0 Å². The van der Waals surface area contributed by atoms with Gasteiger partial charge in [-0.05, 0) is 17.5 Å². The fourth-order valence-electron chi connectivity index (χ4n) is 3.77. The minimum atomic E-state index is 0.0372. The molecule has 5 nitrogen and oxygen atoms in total. The minimum absolute atomic E-state index is 0.0372. The maximum Gasteiger partial charge on any atom is 0.234 e. The van der Waals surface area contributed by atoms with Crippen LogP contribution in [0.15, 0.2) is 60.7 Å². The van der Waals surface area contributed by atoms with Crippen LogP contribution in [0.4, 0.5) is 0 Å². The van der Waals surface area contributed by atoms with Crippen LogP contribution < -0.4 is 10.6 Å².